The van der Waals surface area contributed by atoms with Gasteiger partial charge in [-0.3, -0.25) is 9.48 Å². The molecule has 1 aromatic heterocycles. The molecule has 2 aromatic rings. The maximum absolute atomic E-state index is 12.9. The van der Waals surface area contributed by atoms with Crippen molar-refractivity contribution in [3.05, 3.63) is 47.5 Å². The molecule has 1 aromatic carbocycles. The summed E-state index contributed by atoms with van der Waals surface area (Å²) in [6.07, 6.45) is 3.46. The highest BCUT2D eigenvalue weighted by atomic mass is 19.1. The highest BCUT2D eigenvalue weighted by molar-refractivity contribution is 5.96. The molecule has 1 N–H and O–H groups in total. The van der Waals surface area contributed by atoms with Crippen LogP contribution in [0.4, 0.5) is 4.39 Å². The zero-order valence-electron chi connectivity index (χ0n) is 10.7. The Morgan fingerprint density at radius 1 is 1.53 bits per heavy atom. The number of nitrogens with zero attached hydrogens (tertiary/aromatic N) is 3. The van der Waals surface area contributed by atoms with Crippen molar-refractivity contribution in [2.75, 3.05) is 7.05 Å². The molecule has 0 unspecified atom stereocenters. The van der Waals surface area contributed by atoms with Crippen LogP contribution in [0.5, 0.6) is 5.75 Å². The number of benzene rings is 1. The van der Waals surface area contributed by atoms with Crippen LogP contribution in [0.25, 0.3) is 0 Å². The van der Waals surface area contributed by atoms with Gasteiger partial charge < -0.3 is 10.0 Å². The minimum absolute atomic E-state index is 0.0767. The standard InChI is InChI=1S/C13H14FN3O2/c1-16(7-9-6-15-17(2)8-9)13(19)11-4-3-10(14)5-12(11)18/h3-6,8,18H,7H2,1-2H3. The number of aromatic nitrogens is 2. The summed E-state index contributed by atoms with van der Waals surface area (Å²) in [6, 6.07) is 3.34. The molecule has 0 aliphatic heterocycles. The molecule has 0 radical (unpaired) electrons. The Bertz CT molecular complexity index is 610. The predicted molar refractivity (Wildman–Crippen MR) is 67.1 cm³/mol. The van der Waals surface area contributed by atoms with Gasteiger partial charge in [-0.1, -0.05) is 0 Å². The maximum Gasteiger partial charge on any atom is 0.257 e. The first kappa shape index (κ1) is 13.1. The van der Waals surface area contributed by atoms with Crippen molar-refractivity contribution >= 4 is 5.91 Å². The van der Waals surface area contributed by atoms with Crippen molar-refractivity contribution in [1.82, 2.24) is 14.7 Å². The average Bonchev–Trinajstić information content (AvgIpc) is 2.74. The second kappa shape index (κ2) is 5.09. The third-order valence-electron chi connectivity index (χ3n) is 2.71. The monoisotopic (exact) mass is 263 g/mol. The van der Waals surface area contributed by atoms with E-state index >= 15 is 0 Å². The lowest BCUT2D eigenvalue weighted by Gasteiger charge is -2.16. The third kappa shape index (κ3) is 2.90. The number of hydrogen-bond donors (Lipinski definition) is 1. The number of phenolic OH excluding ortho intramolecular Hbond substituents is 1. The number of phenols is 1. The van der Waals surface area contributed by atoms with Crippen molar-refractivity contribution in [1.29, 1.82) is 0 Å². The second-order valence-corrected chi connectivity index (χ2v) is 4.34. The number of amides is 1. The summed E-state index contributed by atoms with van der Waals surface area (Å²) in [7, 11) is 3.40. The van der Waals surface area contributed by atoms with Gasteiger partial charge >= 0.3 is 0 Å². The molecule has 19 heavy (non-hydrogen) atoms. The van der Waals surface area contributed by atoms with Crippen molar-refractivity contribution in [3.8, 4) is 5.75 Å². The van der Waals surface area contributed by atoms with E-state index in [0.29, 0.717) is 6.54 Å². The number of aryl methyl sites for hydroxylation is 1. The van der Waals surface area contributed by atoms with Crippen molar-refractivity contribution in [2.45, 2.75) is 6.54 Å². The molecular weight excluding hydrogens is 249 g/mol. The van der Waals surface area contributed by atoms with E-state index in [2.05, 4.69) is 5.10 Å². The molecule has 0 saturated heterocycles. The van der Waals surface area contributed by atoms with Gasteiger partial charge in [-0.15, -0.1) is 0 Å². The summed E-state index contributed by atoms with van der Waals surface area (Å²) in [4.78, 5) is 13.5. The molecule has 0 spiro atoms. The fourth-order valence-corrected chi connectivity index (χ4v) is 1.79. The predicted octanol–water partition coefficient (Wildman–Crippen LogP) is 1.54. The van der Waals surface area contributed by atoms with Crippen LogP contribution in [0.2, 0.25) is 0 Å². The van der Waals surface area contributed by atoms with Crippen LogP contribution in [-0.4, -0.2) is 32.7 Å². The van der Waals surface area contributed by atoms with Crippen LogP contribution >= 0.6 is 0 Å². The van der Waals surface area contributed by atoms with Gasteiger partial charge in [0.05, 0.1) is 11.8 Å². The first-order chi connectivity index (χ1) is 8.97. The summed E-state index contributed by atoms with van der Waals surface area (Å²) in [5.74, 6) is -1.31. The molecule has 0 fully saturated rings. The smallest absolute Gasteiger partial charge is 0.257 e. The van der Waals surface area contributed by atoms with Gasteiger partial charge in [-0.05, 0) is 12.1 Å². The van der Waals surface area contributed by atoms with Gasteiger partial charge in [0.2, 0.25) is 0 Å². The molecule has 1 heterocycles. The fourth-order valence-electron chi connectivity index (χ4n) is 1.79. The Morgan fingerprint density at radius 3 is 2.84 bits per heavy atom. The first-order valence-corrected chi connectivity index (χ1v) is 5.69. The minimum Gasteiger partial charge on any atom is -0.507 e. The minimum atomic E-state index is -0.580. The van der Waals surface area contributed by atoms with Crippen LogP contribution in [0.1, 0.15) is 15.9 Å². The van der Waals surface area contributed by atoms with Crippen LogP contribution in [-0.2, 0) is 13.6 Å². The van der Waals surface area contributed by atoms with Crippen molar-refractivity contribution < 1.29 is 14.3 Å². The van der Waals surface area contributed by atoms with Gasteiger partial charge in [-0.2, -0.15) is 5.10 Å². The van der Waals surface area contributed by atoms with Gasteiger partial charge in [0.15, 0.2) is 0 Å². The quantitative estimate of drug-likeness (QED) is 0.913. The Kier molecular flexibility index (Phi) is 3.50. The highest BCUT2D eigenvalue weighted by Gasteiger charge is 2.16. The van der Waals surface area contributed by atoms with E-state index in [9.17, 15) is 14.3 Å². The summed E-state index contributed by atoms with van der Waals surface area (Å²) >= 11 is 0. The van der Waals surface area contributed by atoms with Crippen molar-refractivity contribution in [3.63, 3.8) is 0 Å². The molecule has 5 nitrogen and oxygen atoms in total. The van der Waals surface area contributed by atoms with Gasteiger partial charge in [0.1, 0.15) is 11.6 Å². The van der Waals surface area contributed by atoms with Gasteiger partial charge in [0.25, 0.3) is 5.91 Å². The highest BCUT2D eigenvalue weighted by Crippen LogP contribution is 2.20. The van der Waals surface area contributed by atoms with E-state index < -0.39 is 5.82 Å². The Hall–Kier alpha value is -2.37. The van der Waals surface area contributed by atoms with Gasteiger partial charge in [-0.25, -0.2) is 4.39 Å². The summed E-state index contributed by atoms with van der Waals surface area (Å²) in [6.45, 7) is 0.365. The second-order valence-electron chi connectivity index (χ2n) is 4.34. The number of carbonyl (C=O) groups is 1. The molecule has 1 amide bonds. The third-order valence-corrected chi connectivity index (χ3v) is 2.71. The van der Waals surface area contributed by atoms with Crippen molar-refractivity contribution in [2.24, 2.45) is 7.05 Å². The molecule has 0 aliphatic rings. The van der Waals surface area contributed by atoms with E-state index in [0.717, 1.165) is 17.7 Å². The number of rotatable bonds is 3. The molecule has 0 aliphatic carbocycles. The van der Waals surface area contributed by atoms with E-state index in [1.807, 2.05) is 0 Å². The molecule has 0 bridgehead atoms. The van der Waals surface area contributed by atoms with Crippen LogP contribution in [0, 0.1) is 5.82 Å². The molecule has 100 valence electrons. The van der Waals surface area contributed by atoms with Crippen LogP contribution in [0.3, 0.4) is 0 Å². The summed E-state index contributed by atoms with van der Waals surface area (Å²) in [5, 5.41) is 13.6. The van der Waals surface area contributed by atoms with Crippen LogP contribution < -0.4 is 0 Å². The van der Waals surface area contributed by atoms with E-state index in [1.165, 1.54) is 11.0 Å². The Balaban J connectivity index is 2.14. The van der Waals surface area contributed by atoms with E-state index in [-0.39, 0.29) is 17.2 Å². The van der Waals surface area contributed by atoms with E-state index in [4.69, 9.17) is 0 Å². The fraction of sp³-hybridized carbons (Fsp3) is 0.231. The van der Waals surface area contributed by atoms with Gasteiger partial charge in [0, 0.05) is 38.5 Å². The SMILES string of the molecule is CN(Cc1cnn(C)c1)C(=O)c1ccc(F)cc1O. The van der Waals surface area contributed by atoms with E-state index in [1.54, 1.807) is 31.2 Å². The zero-order valence-corrected chi connectivity index (χ0v) is 10.7. The Morgan fingerprint density at radius 2 is 2.26 bits per heavy atom. The Labute approximate surface area is 109 Å². The zero-order chi connectivity index (χ0) is 14.0. The summed E-state index contributed by atoms with van der Waals surface area (Å²) in [5.41, 5.74) is 0.952. The summed E-state index contributed by atoms with van der Waals surface area (Å²) < 4.78 is 14.5. The lowest BCUT2D eigenvalue weighted by Crippen LogP contribution is -2.26. The van der Waals surface area contributed by atoms with Crippen LogP contribution in [0.15, 0.2) is 30.6 Å². The number of halogens is 1. The average molecular weight is 263 g/mol. The molecule has 0 atom stereocenters. The lowest BCUT2D eigenvalue weighted by molar-refractivity contribution is 0.0782. The number of carbonyl (C=O) groups excluding carboxylic acids is 1. The maximum atomic E-state index is 12.9. The molecular formula is C13H14FN3O2. The largest absolute Gasteiger partial charge is 0.507 e. The first-order valence-electron chi connectivity index (χ1n) is 5.69. The molecule has 2 rings (SSSR count). The number of hydrogen-bond acceptors (Lipinski definition) is 3. The lowest BCUT2D eigenvalue weighted by atomic mass is 10.1. The topological polar surface area (TPSA) is 58.4 Å². The number of aromatic hydroxyl groups is 1. The normalized spacial score (nSPS) is 10.5. The molecule has 6 heteroatoms. The molecule has 0 saturated carbocycles.